The number of benzene rings is 3. The molecule has 1 atom stereocenters. The highest BCUT2D eigenvalue weighted by Crippen LogP contribution is 2.30. The Morgan fingerprint density at radius 2 is 1.73 bits per heavy atom. The van der Waals surface area contributed by atoms with E-state index in [1.54, 1.807) is 13.2 Å². The van der Waals surface area contributed by atoms with Gasteiger partial charge in [-0.2, -0.15) is 0 Å². The van der Waals surface area contributed by atoms with Gasteiger partial charge in [-0.05, 0) is 42.3 Å². The van der Waals surface area contributed by atoms with Crippen LogP contribution in [0.3, 0.4) is 0 Å². The predicted octanol–water partition coefficient (Wildman–Crippen LogP) is 4.32. The molecule has 0 bridgehead atoms. The molecule has 1 aliphatic heterocycles. The molecule has 1 aliphatic rings. The van der Waals surface area contributed by atoms with E-state index in [4.69, 9.17) is 4.74 Å². The fraction of sp³-hybridized carbons (Fsp3) is 0.296. The summed E-state index contributed by atoms with van der Waals surface area (Å²) in [6.07, 6.45) is 0. The lowest BCUT2D eigenvalue weighted by atomic mass is 10.0. The summed E-state index contributed by atoms with van der Waals surface area (Å²) in [5.41, 5.74) is 3.93. The van der Waals surface area contributed by atoms with Gasteiger partial charge in [0.15, 0.2) is 0 Å². The van der Waals surface area contributed by atoms with E-state index >= 15 is 0 Å². The number of ether oxygens (including phenoxy) is 1. The van der Waals surface area contributed by atoms with Crippen LogP contribution in [0.2, 0.25) is 0 Å². The van der Waals surface area contributed by atoms with Gasteiger partial charge in [0.1, 0.15) is 17.6 Å². The number of nitrogens with zero attached hydrogens (tertiary/aromatic N) is 2. The molecule has 5 nitrogen and oxygen atoms in total. The molecule has 0 spiro atoms. The van der Waals surface area contributed by atoms with Crippen molar-refractivity contribution in [2.75, 3.05) is 38.2 Å². The average molecular weight is 448 g/mol. The number of nitrogens with one attached hydrogen (secondary N) is 1. The largest absolute Gasteiger partial charge is 0.495 e. The minimum atomic E-state index is -0.404. The van der Waals surface area contributed by atoms with Crippen molar-refractivity contribution in [2.45, 2.75) is 19.5 Å². The van der Waals surface area contributed by atoms with Crippen LogP contribution in [-0.2, 0) is 11.3 Å². The van der Waals surface area contributed by atoms with Gasteiger partial charge in [-0.15, -0.1) is 0 Å². The summed E-state index contributed by atoms with van der Waals surface area (Å²) in [6.45, 7) is 5.39. The molecule has 1 fully saturated rings. The summed E-state index contributed by atoms with van der Waals surface area (Å²) in [4.78, 5) is 17.9. The van der Waals surface area contributed by atoms with Gasteiger partial charge in [0.25, 0.3) is 0 Å². The zero-order valence-corrected chi connectivity index (χ0v) is 19.1. The summed E-state index contributed by atoms with van der Waals surface area (Å²) in [5, 5.41) is 3.02. The number of aryl methyl sites for hydroxylation is 1. The van der Waals surface area contributed by atoms with Crippen molar-refractivity contribution in [3.05, 3.63) is 95.3 Å². The van der Waals surface area contributed by atoms with Crippen LogP contribution < -0.4 is 15.0 Å². The summed E-state index contributed by atoms with van der Waals surface area (Å²) < 4.78 is 19.1. The normalized spacial score (nSPS) is 15.2. The summed E-state index contributed by atoms with van der Waals surface area (Å²) in [5.74, 6) is 0.479. The van der Waals surface area contributed by atoms with E-state index in [0.717, 1.165) is 54.3 Å². The number of hydrogen-bond acceptors (Lipinski definition) is 4. The highest BCUT2D eigenvalue weighted by Gasteiger charge is 2.31. The van der Waals surface area contributed by atoms with E-state index in [2.05, 4.69) is 21.2 Å². The molecule has 1 unspecified atom stereocenters. The van der Waals surface area contributed by atoms with Crippen LogP contribution in [0.1, 0.15) is 22.7 Å². The number of anilines is 1. The number of methoxy groups -OCH3 is 1. The minimum absolute atomic E-state index is 0.0751. The smallest absolute Gasteiger partial charge is 0.242 e. The van der Waals surface area contributed by atoms with E-state index < -0.39 is 6.04 Å². The Bertz CT molecular complexity index is 1080. The van der Waals surface area contributed by atoms with Gasteiger partial charge >= 0.3 is 0 Å². The number of carbonyl (C=O) groups excluding carboxylic acids is 1. The second-order valence-corrected chi connectivity index (χ2v) is 8.36. The molecule has 0 aliphatic carbocycles. The molecule has 1 heterocycles. The van der Waals surface area contributed by atoms with Crippen molar-refractivity contribution in [3.8, 4) is 5.75 Å². The maximum Gasteiger partial charge on any atom is 0.242 e. The van der Waals surface area contributed by atoms with Gasteiger partial charge in [0.2, 0.25) is 5.91 Å². The van der Waals surface area contributed by atoms with Crippen molar-refractivity contribution in [3.63, 3.8) is 0 Å². The van der Waals surface area contributed by atoms with E-state index in [0.29, 0.717) is 6.54 Å². The molecular weight excluding hydrogens is 417 g/mol. The molecule has 6 heteroatoms. The predicted molar refractivity (Wildman–Crippen MR) is 129 cm³/mol. The maximum absolute atomic E-state index is 13.5. The van der Waals surface area contributed by atoms with E-state index in [9.17, 15) is 9.18 Å². The number of halogens is 1. The summed E-state index contributed by atoms with van der Waals surface area (Å²) in [7, 11) is 1.69. The third-order valence-corrected chi connectivity index (χ3v) is 6.10. The zero-order chi connectivity index (χ0) is 23.2. The molecular formula is C27H30FN3O2. The second-order valence-electron chi connectivity index (χ2n) is 8.36. The van der Waals surface area contributed by atoms with Crippen LogP contribution in [0, 0.1) is 12.7 Å². The minimum Gasteiger partial charge on any atom is -0.495 e. The number of para-hydroxylation sites is 2. The quantitative estimate of drug-likeness (QED) is 0.586. The fourth-order valence-electron chi connectivity index (χ4n) is 4.32. The lowest BCUT2D eigenvalue weighted by Gasteiger charge is -2.40. The number of hydrogen-bond donors (Lipinski definition) is 1. The molecule has 0 saturated carbocycles. The molecule has 172 valence electrons. The molecule has 0 aromatic heterocycles. The molecule has 1 amide bonds. The van der Waals surface area contributed by atoms with Crippen LogP contribution in [0.5, 0.6) is 5.75 Å². The van der Waals surface area contributed by atoms with Crippen LogP contribution in [0.15, 0.2) is 72.8 Å². The van der Waals surface area contributed by atoms with E-state index in [-0.39, 0.29) is 11.7 Å². The lowest BCUT2D eigenvalue weighted by Crippen LogP contribution is -2.51. The van der Waals surface area contributed by atoms with E-state index in [1.807, 2.05) is 55.5 Å². The van der Waals surface area contributed by atoms with Crippen molar-refractivity contribution < 1.29 is 13.9 Å². The highest BCUT2D eigenvalue weighted by molar-refractivity contribution is 5.83. The number of carbonyl (C=O) groups is 1. The van der Waals surface area contributed by atoms with Crippen molar-refractivity contribution >= 4 is 11.6 Å². The summed E-state index contributed by atoms with van der Waals surface area (Å²) in [6, 6.07) is 22.1. The Labute approximate surface area is 194 Å². The van der Waals surface area contributed by atoms with Crippen molar-refractivity contribution in [1.82, 2.24) is 10.2 Å². The third kappa shape index (κ3) is 5.52. The molecule has 1 N–H and O–H groups in total. The van der Waals surface area contributed by atoms with Gasteiger partial charge in [0.05, 0.1) is 12.8 Å². The van der Waals surface area contributed by atoms with Gasteiger partial charge < -0.3 is 15.0 Å². The van der Waals surface area contributed by atoms with Gasteiger partial charge in [-0.1, -0.05) is 54.1 Å². The van der Waals surface area contributed by atoms with Gasteiger partial charge in [0, 0.05) is 32.7 Å². The van der Waals surface area contributed by atoms with Crippen molar-refractivity contribution in [2.24, 2.45) is 0 Å². The Hall–Kier alpha value is -3.38. The van der Waals surface area contributed by atoms with Gasteiger partial charge in [-0.3, -0.25) is 9.69 Å². The molecule has 3 aromatic rings. The zero-order valence-electron chi connectivity index (χ0n) is 19.1. The standard InChI is InChI=1S/C27H30FN3O2/c1-20-10-12-22(13-11-20)26(27(32)29-19-21-6-5-7-23(28)18-21)31-16-14-30(15-17-31)24-8-3-4-9-25(24)33-2/h3-13,18,26H,14-17,19H2,1-2H3,(H,29,32). The van der Waals surface area contributed by atoms with Crippen LogP contribution in [-0.4, -0.2) is 44.1 Å². The van der Waals surface area contributed by atoms with E-state index in [1.165, 1.54) is 12.1 Å². The van der Waals surface area contributed by atoms with Crippen LogP contribution in [0.4, 0.5) is 10.1 Å². The first-order valence-electron chi connectivity index (χ1n) is 11.3. The Balaban J connectivity index is 1.49. The first kappa shape index (κ1) is 22.8. The first-order valence-corrected chi connectivity index (χ1v) is 11.3. The molecule has 4 rings (SSSR count). The number of amides is 1. The summed E-state index contributed by atoms with van der Waals surface area (Å²) >= 11 is 0. The molecule has 33 heavy (non-hydrogen) atoms. The SMILES string of the molecule is COc1ccccc1N1CCN(C(C(=O)NCc2cccc(F)c2)c2ccc(C)cc2)CC1. The topological polar surface area (TPSA) is 44.8 Å². The second kappa shape index (κ2) is 10.5. The van der Waals surface area contributed by atoms with Crippen LogP contribution >= 0.6 is 0 Å². The van der Waals surface area contributed by atoms with Crippen molar-refractivity contribution in [1.29, 1.82) is 0 Å². The lowest BCUT2D eigenvalue weighted by molar-refractivity contribution is -0.127. The van der Waals surface area contributed by atoms with Crippen LogP contribution in [0.25, 0.3) is 0 Å². The molecule has 0 radical (unpaired) electrons. The fourth-order valence-corrected chi connectivity index (χ4v) is 4.32. The Morgan fingerprint density at radius 3 is 2.42 bits per heavy atom. The average Bonchev–Trinajstić information content (AvgIpc) is 2.84. The molecule has 1 saturated heterocycles. The first-order chi connectivity index (χ1) is 16.0. The number of rotatable bonds is 7. The highest BCUT2D eigenvalue weighted by atomic mass is 19.1. The Morgan fingerprint density at radius 1 is 1.00 bits per heavy atom. The Kier molecular flexibility index (Phi) is 7.25. The maximum atomic E-state index is 13.5. The monoisotopic (exact) mass is 447 g/mol. The number of piperazine rings is 1. The third-order valence-electron chi connectivity index (χ3n) is 6.10. The molecule has 3 aromatic carbocycles. The van der Waals surface area contributed by atoms with Gasteiger partial charge in [-0.25, -0.2) is 4.39 Å².